The molecule has 5 heteroatoms. The number of methoxy groups -OCH3 is 1. The molecular weight excluding hydrogens is 198 g/mol. The number of aliphatic hydroxyl groups excluding tert-OH is 1. The second-order valence-corrected chi connectivity index (χ2v) is 4.02. The van der Waals surface area contributed by atoms with E-state index in [1.54, 1.807) is 0 Å². The van der Waals surface area contributed by atoms with Crippen LogP contribution in [0.15, 0.2) is 0 Å². The van der Waals surface area contributed by atoms with Crippen LogP contribution in [0.1, 0.15) is 20.8 Å². The molecule has 1 amide bonds. The lowest BCUT2D eigenvalue weighted by atomic mass is 9.90. The SMILES string of the molecule is CO[C@@H]1O[C@H](C)[C@@H](C)[C@H](O)[C@H]1NC(C)=O. The van der Waals surface area contributed by atoms with Gasteiger partial charge in [-0.15, -0.1) is 0 Å². The molecule has 5 nitrogen and oxygen atoms in total. The first-order chi connectivity index (χ1) is 6.97. The second kappa shape index (κ2) is 4.92. The Kier molecular flexibility index (Phi) is 4.07. The lowest BCUT2D eigenvalue weighted by molar-refractivity contribution is -0.235. The first-order valence-corrected chi connectivity index (χ1v) is 5.10. The third-order valence-corrected chi connectivity index (χ3v) is 2.89. The van der Waals surface area contributed by atoms with Gasteiger partial charge in [-0.3, -0.25) is 4.79 Å². The fraction of sp³-hybridized carbons (Fsp3) is 0.900. The molecule has 0 radical (unpaired) electrons. The van der Waals surface area contributed by atoms with E-state index in [0.29, 0.717) is 0 Å². The Morgan fingerprint density at radius 1 is 1.47 bits per heavy atom. The van der Waals surface area contributed by atoms with Crippen molar-refractivity contribution in [3.8, 4) is 0 Å². The molecule has 15 heavy (non-hydrogen) atoms. The summed E-state index contributed by atoms with van der Waals surface area (Å²) in [5.74, 6) is -0.236. The number of hydrogen-bond donors (Lipinski definition) is 2. The maximum atomic E-state index is 11.0. The van der Waals surface area contributed by atoms with Gasteiger partial charge in [-0.25, -0.2) is 0 Å². The zero-order valence-electron chi connectivity index (χ0n) is 9.56. The fourth-order valence-corrected chi connectivity index (χ4v) is 1.78. The van der Waals surface area contributed by atoms with Gasteiger partial charge in [0.15, 0.2) is 6.29 Å². The maximum absolute atomic E-state index is 11.0. The topological polar surface area (TPSA) is 67.8 Å². The Morgan fingerprint density at radius 2 is 2.07 bits per heavy atom. The normalized spacial score (nSPS) is 41.3. The number of rotatable bonds is 2. The fourth-order valence-electron chi connectivity index (χ4n) is 1.78. The number of ether oxygens (including phenoxy) is 2. The van der Waals surface area contributed by atoms with E-state index in [2.05, 4.69) is 5.32 Å². The number of hydrogen-bond acceptors (Lipinski definition) is 4. The standard InChI is InChI=1S/C10H19NO4/c1-5-6(2)15-10(14-4)8(9(5)13)11-7(3)12/h5-6,8-10,13H,1-4H3,(H,11,12)/t5-,6-,8-,9+,10-/m1/s1. The largest absolute Gasteiger partial charge is 0.390 e. The Labute approximate surface area is 89.8 Å². The highest BCUT2D eigenvalue weighted by Crippen LogP contribution is 2.25. The van der Waals surface area contributed by atoms with Crippen molar-refractivity contribution >= 4 is 5.91 Å². The molecule has 0 aromatic heterocycles. The molecule has 1 saturated heterocycles. The van der Waals surface area contributed by atoms with Crippen LogP contribution in [-0.4, -0.2) is 42.7 Å². The summed E-state index contributed by atoms with van der Waals surface area (Å²) in [4.78, 5) is 11.0. The summed E-state index contributed by atoms with van der Waals surface area (Å²) in [6.45, 7) is 5.17. The quantitative estimate of drug-likeness (QED) is 0.676. The average molecular weight is 217 g/mol. The molecule has 1 aliphatic rings. The third kappa shape index (κ3) is 2.68. The Morgan fingerprint density at radius 3 is 2.53 bits per heavy atom. The molecule has 0 saturated carbocycles. The van der Waals surface area contributed by atoms with Gasteiger partial charge in [-0.2, -0.15) is 0 Å². The van der Waals surface area contributed by atoms with Gasteiger partial charge in [0.25, 0.3) is 0 Å². The summed E-state index contributed by atoms with van der Waals surface area (Å²) in [6, 6.07) is -0.501. The number of aliphatic hydroxyl groups is 1. The van der Waals surface area contributed by atoms with Crippen LogP contribution >= 0.6 is 0 Å². The van der Waals surface area contributed by atoms with Crippen LogP contribution < -0.4 is 5.32 Å². The minimum Gasteiger partial charge on any atom is -0.390 e. The van der Waals surface area contributed by atoms with Gasteiger partial charge in [0, 0.05) is 20.0 Å². The Hall–Kier alpha value is -0.650. The molecule has 1 rings (SSSR count). The molecule has 5 atom stereocenters. The van der Waals surface area contributed by atoms with E-state index >= 15 is 0 Å². The predicted molar refractivity (Wildman–Crippen MR) is 54.1 cm³/mol. The minimum atomic E-state index is -0.650. The average Bonchev–Trinajstić information content (AvgIpc) is 2.18. The van der Waals surface area contributed by atoms with Crippen molar-refractivity contribution in [1.82, 2.24) is 5.32 Å². The third-order valence-electron chi connectivity index (χ3n) is 2.89. The van der Waals surface area contributed by atoms with Crippen molar-refractivity contribution in [2.45, 2.75) is 45.3 Å². The maximum Gasteiger partial charge on any atom is 0.217 e. The van der Waals surface area contributed by atoms with E-state index in [4.69, 9.17) is 9.47 Å². The molecule has 1 aliphatic heterocycles. The van der Waals surface area contributed by atoms with Crippen molar-refractivity contribution in [2.75, 3.05) is 7.11 Å². The van der Waals surface area contributed by atoms with Gasteiger partial charge in [0.2, 0.25) is 5.91 Å². The minimum absolute atomic E-state index is 0.0340. The van der Waals surface area contributed by atoms with Crippen molar-refractivity contribution in [3.05, 3.63) is 0 Å². The summed E-state index contributed by atoms with van der Waals surface area (Å²) in [6.07, 6.45) is -1.33. The van der Waals surface area contributed by atoms with Crippen molar-refractivity contribution < 1.29 is 19.4 Å². The van der Waals surface area contributed by atoms with Crippen LogP contribution in [0.5, 0.6) is 0 Å². The molecule has 0 bridgehead atoms. The van der Waals surface area contributed by atoms with Gasteiger partial charge >= 0.3 is 0 Å². The molecule has 1 heterocycles. The van der Waals surface area contributed by atoms with E-state index in [-0.39, 0.29) is 17.9 Å². The van der Waals surface area contributed by atoms with Crippen LogP contribution in [-0.2, 0) is 14.3 Å². The van der Waals surface area contributed by atoms with Crippen LogP contribution in [0.4, 0.5) is 0 Å². The van der Waals surface area contributed by atoms with Gasteiger partial charge in [0.1, 0.15) is 6.04 Å². The van der Waals surface area contributed by atoms with Crippen molar-refractivity contribution in [2.24, 2.45) is 5.92 Å². The van der Waals surface area contributed by atoms with E-state index in [1.165, 1.54) is 14.0 Å². The van der Waals surface area contributed by atoms with E-state index in [0.717, 1.165) is 0 Å². The smallest absolute Gasteiger partial charge is 0.217 e. The molecule has 88 valence electrons. The van der Waals surface area contributed by atoms with Gasteiger partial charge < -0.3 is 19.9 Å². The number of amides is 1. The van der Waals surface area contributed by atoms with Crippen LogP contribution in [0.3, 0.4) is 0 Å². The summed E-state index contributed by atoms with van der Waals surface area (Å²) < 4.78 is 10.6. The molecule has 1 fully saturated rings. The monoisotopic (exact) mass is 217 g/mol. The summed E-state index contributed by atoms with van der Waals surface area (Å²) in [5.41, 5.74) is 0. The first-order valence-electron chi connectivity index (χ1n) is 5.10. The number of carbonyl (C=O) groups excluding carboxylic acids is 1. The molecule has 0 aromatic rings. The summed E-state index contributed by atoms with van der Waals surface area (Å²) in [7, 11) is 1.49. The number of nitrogens with one attached hydrogen (secondary N) is 1. The van der Waals surface area contributed by atoms with E-state index in [1.807, 2.05) is 13.8 Å². The van der Waals surface area contributed by atoms with E-state index < -0.39 is 18.4 Å². The van der Waals surface area contributed by atoms with Crippen LogP contribution in [0, 0.1) is 5.92 Å². The highest BCUT2D eigenvalue weighted by molar-refractivity contribution is 5.73. The Bertz CT molecular complexity index is 231. The van der Waals surface area contributed by atoms with Crippen LogP contribution in [0.25, 0.3) is 0 Å². The summed E-state index contributed by atoms with van der Waals surface area (Å²) >= 11 is 0. The highest BCUT2D eigenvalue weighted by atomic mass is 16.7. The van der Waals surface area contributed by atoms with Gasteiger partial charge in [-0.1, -0.05) is 6.92 Å². The molecule has 0 unspecified atom stereocenters. The molecule has 2 N–H and O–H groups in total. The van der Waals surface area contributed by atoms with Gasteiger partial charge in [0.05, 0.1) is 12.2 Å². The first kappa shape index (κ1) is 12.4. The second-order valence-electron chi connectivity index (χ2n) is 4.02. The molecular formula is C10H19NO4. The molecule has 0 aromatic carbocycles. The highest BCUT2D eigenvalue weighted by Gasteiger charge is 2.41. The number of carbonyl (C=O) groups is 1. The molecule has 0 spiro atoms. The van der Waals surface area contributed by atoms with Crippen molar-refractivity contribution in [3.63, 3.8) is 0 Å². The summed E-state index contributed by atoms with van der Waals surface area (Å²) in [5, 5.41) is 12.6. The Balaban J connectivity index is 2.75. The van der Waals surface area contributed by atoms with Crippen molar-refractivity contribution in [1.29, 1.82) is 0 Å². The van der Waals surface area contributed by atoms with E-state index in [9.17, 15) is 9.90 Å². The van der Waals surface area contributed by atoms with Crippen LogP contribution in [0.2, 0.25) is 0 Å². The molecule has 0 aliphatic carbocycles. The predicted octanol–water partition coefficient (Wildman–Crippen LogP) is -0.121. The zero-order valence-corrected chi connectivity index (χ0v) is 9.56. The lowest BCUT2D eigenvalue weighted by Gasteiger charge is -2.42. The van der Waals surface area contributed by atoms with Gasteiger partial charge in [-0.05, 0) is 6.92 Å². The zero-order chi connectivity index (χ0) is 11.6. The lowest BCUT2D eigenvalue weighted by Crippen LogP contribution is -2.60.